The Kier molecular flexibility index (Phi) is 5.13. The van der Waals surface area contributed by atoms with Crippen molar-refractivity contribution in [2.45, 2.75) is 16.7 Å². The van der Waals surface area contributed by atoms with Gasteiger partial charge < -0.3 is 11.1 Å². The Morgan fingerprint density at radius 2 is 1.39 bits per heavy atom. The first kappa shape index (κ1) is 22.6. The van der Waals surface area contributed by atoms with Crippen molar-refractivity contribution >= 4 is 48.9 Å². The van der Waals surface area contributed by atoms with Gasteiger partial charge in [-0.25, -0.2) is 0 Å². The summed E-state index contributed by atoms with van der Waals surface area (Å²) in [6.07, 6.45) is 0. The first-order valence-corrected chi connectivity index (χ1v) is 12.2. The van der Waals surface area contributed by atoms with Crippen LogP contribution in [0.15, 0.2) is 58.3 Å². The van der Waals surface area contributed by atoms with Crippen LogP contribution in [0, 0.1) is 6.92 Å². The van der Waals surface area contributed by atoms with Gasteiger partial charge in [-0.05, 0) is 30.7 Å². The maximum atomic E-state index is 13.5. The van der Waals surface area contributed by atoms with Crippen molar-refractivity contribution in [1.82, 2.24) is 0 Å². The topological polar surface area (TPSA) is 181 Å². The molecule has 0 unspecified atom stereocenters. The van der Waals surface area contributed by atoms with Gasteiger partial charge in [-0.3, -0.25) is 18.7 Å². The van der Waals surface area contributed by atoms with E-state index in [1.165, 1.54) is 0 Å². The molecule has 0 amide bonds. The highest BCUT2D eigenvalue weighted by Gasteiger charge is 2.39. The Balaban J connectivity index is 2.10. The average molecular weight is 488 g/mol. The molecule has 3 aromatic carbocycles. The number of anilines is 3. The molecule has 0 aliphatic heterocycles. The summed E-state index contributed by atoms with van der Waals surface area (Å²) in [7, 11) is -9.79. The fraction of sp³-hybridized carbons (Fsp3) is 0.0476. The molecule has 0 spiro atoms. The molecule has 1 aliphatic carbocycles. The van der Waals surface area contributed by atoms with Crippen LogP contribution in [0.2, 0.25) is 0 Å². The molecule has 0 bridgehead atoms. The van der Waals surface area contributed by atoms with E-state index in [4.69, 9.17) is 5.73 Å². The molecule has 3 aromatic rings. The lowest BCUT2D eigenvalue weighted by molar-refractivity contribution is 0.0977. The molecule has 0 saturated carbocycles. The smallest absolute Gasteiger partial charge is 0.296 e. The third-order valence-corrected chi connectivity index (χ3v) is 7.04. The molecule has 0 saturated heterocycles. The summed E-state index contributed by atoms with van der Waals surface area (Å²) in [6, 6.07) is 10.9. The van der Waals surface area contributed by atoms with Crippen LogP contribution in [0.5, 0.6) is 0 Å². The number of aryl methyl sites for hydroxylation is 1. The van der Waals surface area contributed by atoms with Gasteiger partial charge in [0.1, 0.15) is 9.79 Å². The minimum atomic E-state index is -4.91. The standard InChI is InChI=1S/C21H16N2O8S2/c1-10-5-2-3-7-12(10)23-13-9-15(33(29,30)31)19(22)18-17(13)21(25)16-11(20(18)24)6-4-8-14(16)32(26,27)28/h2-9,23H,22H2,1H3,(H,26,27,28)(H,29,30,31). The molecule has 0 heterocycles. The lowest BCUT2D eigenvalue weighted by Gasteiger charge is -2.25. The maximum Gasteiger partial charge on any atom is 0.296 e. The third kappa shape index (κ3) is 3.68. The lowest BCUT2D eigenvalue weighted by atomic mass is 9.82. The number of benzene rings is 3. The molecular weight excluding hydrogens is 472 g/mol. The predicted molar refractivity (Wildman–Crippen MR) is 118 cm³/mol. The second-order valence-electron chi connectivity index (χ2n) is 7.31. The molecule has 0 atom stereocenters. The van der Waals surface area contributed by atoms with Gasteiger partial charge in [0.05, 0.1) is 28.1 Å². The molecule has 1 aliphatic rings. The molecule has 10 nitrogen and oxygen atoms in total. The molecule has 170 valence electrons. The van der Waals surface area contributed by atoms with E-state index in [-0.39, 0.29) is 11.3 Å². The summed E-state index contributed by atoms with van der Waals surface area (Å²) in [6.45, 7) is 1.73. The Hall–Kier alpha value is -3.58. The Bertz CT molecular complexity index is 1590. The van der Waals surface area contributed by atoms with Crippen molar-refractivity contribution in [2.75, 3.05) is 11.1 Å². The predicted octanol–water partition coefficient (Wildman–Crippen LogP) is 2.59. The second kappa shape index (κ2) is 7.49. The number of rotatable bonds is 4. The third-order valence-electron chi connectivity index (χ3n) is 5.25. The first-order chi connectivity index (χ1) is 15.3. The van der Waals surface area contributed by atoms with E-state index in [0.29, 0.717) is 11.3 Å². The summed E-state index contributed by atoms with van der Waals surface area (Å²) in [4.78, 5) is 25.2. The number of nitrogen functional groups attached to an aromatic ring is 1. The van der Waals surface area contributed by atoms with E-state index in [1.54, 1.807) is 31.2 Å². The van der Waals surface area contributed by atoms with E-state index >= 15 is 0 Å². The van der Waals surface area contributed by atoms with E-state index in [0.717, 1.165) is 24.3 Å². The average Bonchev–Trinajstić information content (AvgIpc) is 2.72. The van der Waals surface area contributed by atoms with Gasteiger partial charge in [-0.2, -0.15) is 16.8 Å². The number of fused-ring (bicyclic) bond motifs is 2. The Labute approximate surface area is 188 Å². The van der Waals surface area contributed by atoms with Crippen LogP contribution in [-0.4, -0.2) is 37.5 Å². The van der Waals surface area contributed by atoms with Gasteiger partial charge in [0.2, 0.25) is 0 Å². The Morgan fingerprint density at radius 1 is 0.758 bits per heavy atom. The van der Waals surface area contributed by atoms with Crippen molar-refractivity contribution in [3.8, 4) is 0 Å². The number of carbonyl (C=O) groups is 2. The van der Waals surface area contributed by atoms with Crippen LogP contribution in [0.4, 0.5) is 17.1 Å². The SMILES string of the molecule is Cc1ccccc1Nc1cc(S(=O)(=O)O)c(N)c2c1C(=O)c1c(cccc1S(=O)(=O)O)C2=O. The highest BCUT2D eigenvalue weighted by molar-refractivity contribution is 7.86. The number of carbonyl (C=O) groups excluding carboxylic acids is 2. The van der Waals surface area contributed by atoms with Crippen molar-refractivity contribution in [3.05, 3.63) is 76.3 Å². The second-order valence-corrected chi connectivity index (χ2v) is 10.1. The van der Waals surface area contributed by atoms with Crippen LogP contribution in [0.25, 0.3) is 0 Å². The highest BCUT2D eigenvalue weighted by Crippen LogP contribution is 2.41. The first-order valence-electron chi connectivity index (χ1n) is 9.29. The maximum absolute atomic E-state index is 13.5. The molecule has 5 N–H and O–H groups in total. The van der Waals surface area contributed by atoms with Gasteiger partial charge in [0.25, 0.3) is 20.2 Å². The molecule has 0 radical (unpaired) electrons. The number of hydrogen-bond acceptors (Lipinski definition) is 8. The quantitative estimate of drug-likeness (QED) is 0.246. The van der Waals surface area contributed by atoms with E-state index in [1.807, 2.05) is 0 Å². The molecule has 4 rings (SSSR count). The summed E-state index contributed by atoms with van der Waals surface area (Å²) >= 11 is 0. The van der Waals surface area contributed by atoms with Crippen LogP contribution in [-0.2, 0) is 20.2 Å². The highest BCUT2D eigenvalue weighted by atomic mass is 32.2. The van der Waals surface area contributed by atoms with Gasteiger partial charge in [0.15, 0.2) is 11.6 Å². The van der Waals surface area contributed by atoms with Crippen molar-refractivity contribution in [1.29, 1.82) is 0 Å². The van der Waals surface area contributed by atoms with Crippen molar-refractivity contribution in [2.24, 2.45) is 0 Å². The number of hydrogen-bond donors (Lipinski definition) is 4. The fourth-order valence-corrected chi connectivity index (χ4v) is 5.10. The summed E-state index contributed by atoms with van der Waals surface area (Å²) in [5, 5.41) is 2.86. The molecule has 33 heavy (non-hydrogen) atoms. The number of nitrogens with two attached hydrogens (primary N) is 1. The van der Waals surface area contributed by atoms with E-state index < -0.39 is 64.0 Å². The zero-order valence-corrected chi connectivity index (χ0v) is 18.5. The number of ketones is 2. The lowest BCUT2D eigenvalue weighted by Crippen LogP contribution is -2.27. The number of para-hydroxylation sites is 1. The van der Waals surface area contributed by atoms with Gasteiger partial charge in [0, 0.05) is 11.3 Å². The van der Waals surface area contributed by atoms with Crippen LogP contribution in [0.3, 0.4) is 0 Å². The minimum absolute atomic E-state index is 0.199. The molecule has 0 fully saturated rings. The van der Waals surface area contributed by atoms with Crippen LogP contribution >= 0.6 is 0 Å². The molecular formula is C21H16N2O8S2. The summed E-state index contributed by atoms with van der Waals surface area (Å²) in [5.74, 6) is -1.92. The zero-order valence-electron chi connectivity index (χ0n) is 16.9. The Morgan fingerprint density at radius 3 is 2.00 bits per heavy atom. The molecule has 12 heteroatoms. The van der Waals surface area contributed by atoms with Gasteiger partial charge in [-0.1, -0.05) is 30.3 Å². The van der Waals surface area contributed by atoms with E-state index in [2.05, 4.69) is 5.32 Å². The minimum Gasteiger partial charge on any atom is -0.397 e. The summed E-state index contributed by atoms with van der Waals surface area (Å²) < 4.78 is 67.0. The molecule has 0 aromatic heterocycles. The van der Waals surface area contributed by atoms with Crippen molar-refractivity contribution < 1.29 is 35.5 Å². The van der Waals surface area contributed by atoms with Crippen molar-refractivity contribution in [3.63, 3.8) is 0 Å². The van der Waals surface area contributed by atoms with Crippen LogP contribution in [0.1, 0.15) is 37.4 Å². The fourth-order valence-electron chi connectivity index (χ4n) is 3.74. The van der Waals surface area contributed by atoms with E-state index in [9.17, 15) is 35.5 Å². The normalized spacial score (nSPS) is 13.4. The monoisotopic (exact) mass is 488 g/mol. The van der Waals surface area contributed by atoms with Gasteiger partial charge >= 0.3 is 0 Å². The number of nitrogens with one attached hydrogen (secondary N) is 1. The largest absolute Gasteiger partial charge is 0.397 e. The zero-order chi connectivity index (χ0) is 24.3. The summed E-state index contributed by atoms with van der Waals surface area (Å²) in [5.41, 5.74) is 4.34. The van der Waals surface area contributed by atoms with Crippen LogP contribution < -0.4 is 11.1 Å². The van der Waals surface area contributed by atoms with Gasteiger partial charge in [-0.15, -0.1) is 0 Å².